The molecule has 192 valence electrons. The van der Waals surface area contributed by atoms with Crippen LogP contribution >= 0.6 is 11.6 Å². The Morgan fingerprint density at radius 2 is 1.89 bits per heavy atom. The zero-order valence-electron chi connectivity index (χ0n) is 20.4. The third kappa shape index (κ3) is 3.91. The minimum atomic E-state index is -1.29. The first-order valence-electron chi connectivity index (χ1n) is 11.6. The minimum Gasteiger partial charge on any atom is -0.510 e. The highest BCUT2D eigenvalue weighted by Crippen LogP contribution is 2.51. The Kier molecular flexibility index (Phi) is 6.76. The maximum absolute atomic E-state index is 13.8. The van der Waals surface area contributed by atoms with Crippen molar-refractivity contribution in [3.8, 4) is 5.75 Å². The largest absolute Gasteiger partial charge is 0.510 e. The number of hydrogen-bond donors (Lipinski definition) is 4. The van der Waals surface area contributed by atoms with Crippen LogP contribution in [-0.2, 0) is 27.3 Å². The van der Waals surface area contributed by atoms with Crippen LogP contribution in [0.2, 0.25) is 5.02 Å². The second-order valence-corrected chi connectivity index (χ2v) is 10.4. The minimum absolute atomic E-state index is 0.0304. The van der Waals surface area contributed by atoms with Gasteiger partial charge >= 0.3 is 0 Å². The molecule has 0 saturated heterocycles. The summed E-state index contributed by atoms with van der Waals surface area (Å²) >= 11 is 6.60. The van der Waals surface area contributed by atoms with Gasteiger partial charge in [0.2, 0.25) is 0 Å². The van der Waals surface area contributed by atoms with E-state index >= 15 is 0 Å². The van der Waals surface area contributed by atoms with Crippen LogP contribution in [-0.4, -0.2) is 76.3 Å². The first-order chi connectivity index (χ1) is 16.9. The molecule has 9 nitrogen and oxygen atoms in total. The number of hydrogen-bond acceptors (Lipinski definition) is 8. The molecule has 3 unspecified atom stereocenters. The average molecular weight is 516 g/mol. The number of aromatic hydroxyl groups is 1. The van der Waals surface area contributed by atoms with Gasteiger partial charge in [0.1, 0.15) is 22.8 Å². The lowest BCUT2D eigenvalue weighted by molar-refractivity contribution is -0.136. The third-order valence-corrected chi connectivity index (χ3v) is 7.81. The summed E-state index contributed by atoms with van der Waals surface area (Å²) in [6.45, 7) is 4.58. The Morgan fingerprint density at radius 3 is 2.47 bits per heavy atom. The van der Waals surface area contributed by atoms with Crippen LogP contribution in [0, 0.1) is 17.8 Å². The molecule has 1 saturated carbocycles. The van der Waals surface area contributed by atoms with Gasteiger partial charge in [-0.2, -0.15) is 0 Å². The molecule has 0 spiro atoms. The number of nitrogens with two attached hydrogens (primary N) is 1. The van der Waals surface area contributed by atoms with E-state index in [1.807, 2.05) is 11.9 Å². The number of primary amides is 1. The summed E-state index contributed by atoms with van der Waals surface area (Å²) in [6, 6.07) is 0.873. The molecule has 1 amide bonds. The number of fused-ring (bicyclic) bond motifs is 3. The van der Waals surface area contributed by atoms with Gasteiger partial charge in [-0.3, -0.25) is 24.2 Å². The third-order valence-electron chi connectivity index (χ3n) is 7.47. The standard InChI is InChI=1S/C26H30ClN3O6/c1-5-6-30(4)10-12-9-15(27)13-7-11-8-14-18(23(33)16(11)22(32)17(13)21(12)31)24(34)19(26(28)36)25(35)20(14)29(2)3/h5,9,11,14,18,20,31-32,35H,1,6-8,10H2,2-4H3,(H2,28,36)/t11?,14?,18?,20-/m1/s1. The van der Waals surface area contributed by atoms with Crippen LogP contribution in [0.25, 0.3) is 5.76 Å². The van der Waals surface area contributed by atoms with Crippen LogP contribution in [0.1, 0.15) is 23.1 Å². The van der Waals surface area contributed by atoms with Gasteiger partial charge in [0.05, 0.1) is 17.5 Å². The second-order valence-electron chi connectivity index (χ2n) is 10.0. The Labute approximate surface area is 214 Å². The fourth-order valence-electron chi connectivity index (χ4n) is 6.04. The van der Waals surface area contributed by atoms with Crippen molar-refractivity contribution >= 4 is 34.8 Å². The molecule has 5 N–H and O–H groups in total. The first kappa shape index (κ1) is 25.9. The molecule has 10 heteroatoms. The van der Waals surface area contributed by atoms with E-state index in [1.165, 1.54) is 0 Å². The molecular formula is C26H30ClN3O6. The molecule has 1 fully saturated rings. The summed E-state index contributed by atoms with van der Waals surface area (Å²) in [5.41, 5.74) is 5.91. The maximum Gasteiger partial charge on any atom is 0.255 e. The number of aliphatic hydroxyl groups is 2. The number of aliphatic hydroxyl groups excluding tert-OH is 2. The van der Waals surface area contributed by atoms with Crippen molar-refractivity contribution in [3.05, 3.63) is 57.3 Å². The van der Waals surface area contributed by atoms with Crippen LogP contribution in [0.15, 0.2) is 35.6 Å². The molecule has 1 aromatic rings. The van der Waals surface area contributed by atoms with Crippen molar-refractivity contribution in [2.75, 3.05) is 27.7 Å². The number of allylic oxidation sites excluding steroid dienone is 1. The number of nitrogens with zero attached hydrogens (tertiary/aromatic N) is 2. The lowest BCUT2D eigenvalue weighted by Gasteiger charge is -2.46. The Morgan fingerprint density at radius 1 is 1.22 bits per heavy atom. The number of benzene rings is 1. The van der Waals surface area contributed by atoms with Crippen LogP contribution in [0.5, 0.6) is 5.75 Å². The predicted octanol–water partition coefficient (Wildman–Crippen LogP) is 2.12. The van der Waals surface area contributed by atoms with Crippen molar-refractivity contribution < 1.29 is 29.7 Å². The number of amides is 1. The summed E-state index contributed by atoms with van der Waals surface area (Å²) in [5, 5.41) is 33.5. The highest BCUT2D eigenvalue weighted by molar-refractivity contribution is 6.32. The monoisotopic (exact) mass is 515 g/mol. The van der Waals surface area contributed by atoms with Crippen molar-refractivity contribution in [2.45, 2.75) is 25.4 Å². The van der Waals surface area contributed by atoms with Gasteiger partial charge in [-0.05, 0) is 57.5 Å². The van der Waals surface area contributed by atoms with Gasteiger partial charge < -0.3 is 21.1 Å². The molecule has 0 aromatic heterocycles. The Bertz CT molecular complexity index is 1250. The molecule has 36 heavy (non-hydrogen) atoms. The molecule has 0 radical (unpaired) electrons. The molecule has 4 atom stereocenters. The van der Waals surface area contributed by atoms with Gasteiger partial charge in [-0.25, -0.2) is 0 Å². The fraction of sp³-hybridized carbons (Fsp3) is 0.423. The number of ketones is 2. The predicted molar refractivity (Wildman–Crippen MR) is 134 cm³/mol. The highest BCUT2D eigenvalue weighted by Gasteiger charge is 2.55. The smallest absolute Gasteiger partial charge is 0.255 e. The summed E-state index contributed by atoms with van der Waals surface area (Å²) in [4.78, 5) is 42.6. The van der Waals surface area contributed by atoms with Gasteiger partial charge in [0.25, 0.3) is 5.91 Å². The normalized spacial score (nSPS) is 25.7. The second kappa shape index (κ2) is 9.38. The summed E-state index contributed by atoms with van der Waals surface area (Å²) in [5.74, 6) is -6.03. The van der Waals surface area contributed by atoms with Crippen LogP contribution in [0.4, 0.5) is 0 Å². The number of halogens is 1. The quantitative estimate of drug-likeness (QED) is 0.256. The van der Waals surface area contributed by atoms with Gasteiger partial charge in [-0.1, -0.05) is 17.7 Å². The average Bonchev–Trinajstić information content (AvgIpc) is 2.76. The van der Waals surface area contributed by atoms with Crippen LogP contribution < -0.4 is 5.73 Å². The van der Waals surface area contributed by atoms with Crippen molar-refractivity contribution in [1.82, 2.24) is 9.80 Å². The van der Waals surface area contributed by atoms with Gasteiger partial charge in [0, 0.05) is 29.2 Å². The molecule has 0 heterocycles. The zero-order chi connectivity index (χ0) is 26.6. The van der Waals surface area contributed by atoms with Crippen molar-refractivity contribution in [1.29, 1.82) is 0 Å². The Balaban J connectivity index is 1.85. The number of carbonyl (C=O) groups excluding carboxylic acids is 3. The number of rotatable bonds is 6. The lowest BCUT2D eigenvalue weighted by Crippen LogP contribution is -2.55. The van der Waals surface area contributed by atoms with E-state index in [2.05, 4.69) is 6.58 Å². The van der Waals surface area contributed by atoms with E-state index in [1.54, 1.807) is 31.1 Å². The summed E-state index contributed by atoms with van der Waals surface area (Å²) in [6.07, 6.45) is 2.26. The topological polar surface area (TPSA) is 144 Å². The zero-order valence-corrected chi connectivity index (χ0v) is 21.2. The number of carbonyl (C=O) groups is 3. The summed E-state index contributed by atoms with van der Waals surface area (Å²) < 4.78 is 0. The fourth-order valence-corrected chi connectivity index (χ4v) is 6.34. The molecular weight excluding hydrogens is 486 g/mol. The maximum atomic E-state index is 13.8. The molecule has 4 rings (SSSR count). The number of phenolic OH excluding ortho intramolecular Hbond substituents is 1. The number of likely N-dealkylation sites (N-methyl/N-ethyl adjacent to an activating group) is 2. The Hall–Kier alpha value is -3.14. The van der Waals surface area contributed by atoms with Gasteiger partial charge in [-0.15, -0.1) is 6.58 Å². The highest BCUT2D eigenvalue weighted by atomic mass is 35.5. The van der Waals surface area contributed by atoms with Crippen molar-refractivity contribution in [3.63, 3.8) is 0 Å². The molecule has 1 aromatic carbocycles. The van der Waals surface area contributed by atoms with E-state index < -0.39 is 58.4 Å². The summed E-state index contributed by atoms with van der Waals surface area (Å²) in [7, 11) is 5.19. The SMILES string of the molecule is C=CCN(C)Cc1cc(Cl)c2c(c1O)C(O)=C1C(=O)C3C(=O)C(C(N)=O)=C(O)[C@H](N(C)C)C3CC1C2. The lowest BCUT2D eigenvalue weighted by atomic mass is 9.59. The van der Waals surface area contributed by atoms with E-state index in [-0.39, 0.29) is 29.7 Å². The molecule has 3 aliphatic rings. The van der Waals surface area contributed by atoms with E-state index in [9.17, 15) is 29.7 Å². The molecule has 3 aliphatic carbocycles. The molecule has 0 bridgehead atoms. The van der Waals surface area contributed by atoms with Crippen molar-refractivity contribution in [2.24, 2.45) is 23.5 Å². The first-order valence-corrected chi connectivity index (χ1v) is 12.0. The van der Waals surface area contributed by atoms with E-state index in [0.29, 0.717) is 29.2 Å². The van der Waals surface area contributed by atoms with E-state index in [4.69, 9.17) is 17.3 Å². The number of Topliss-reactive ketones (excluding diaryl/α,β-unsaturated/α-hetero) is 2. The van der Waals surface area contributed by atoms with Gasteiger partial charge in [0.15, 0.2) is 11.6 Å². The number of phenols is 1. The van der Waals surface area contributed by atoms with Crippen LogP contribution in [0.3, 0.4) is 0 Å². The van der Waals surface area contributed by atoms with E-state index in [0.717, 1.165) is 0 Å². The molecule has 0 aliphatic heterocycles.